The van der Waals surface area contributed by atoms with E-state index in [0.717, 1.165) is 17.0 Å². The average molecular weight is 458 g/mol. The minimum atomic E-state index is -0.254. The lowest BCUT2D eigenvalue weighted by atomic mass is 10.1. The molecule has 3 aromatic carbocycles. The molecule has 0 radical (unpaired) electrons. The number of aromatic nitrogens is 1. The molecular formula is C27H24FN3O3. The number of carbonyl (C=O) groups excluding carboxylic acids is 1. The Morgan fingerprint density at radius 3 is 2.50 bits per heavy atom. The summed E-state index contributed by atoms with van der Waals surface area (Å²) in [5.41, 5.74) is 3.01. The molecular weight excluding hydrogens is 433 g/mol. The van der Waals surface area contributed by atoms with E-state index in [4.69, 9.17) is 9.15 Å². The molecule has 1 fully saturated rings. The van der Waals surface area contributed by atoms with E-state index in [2.05, 4.69) is 9.88 Å². The fourth-order valence-corrected chi connectivity index (χ4v) is 4.15. The van der Waals surface area contributed by atoms with Gasteiger partial charge in [-0.3, -0.25) is 4.79 Å². The Labute approximate surface area is 197 Å². The van der Waals surface area contributed by atoms with E-state index in [1.807, 2.05) is 47.4 Å². The number of benzene rings is 3. The van der Waals surface area contributed by atoms with Crippen molar-refractivity contribution in [3.63, 3.8) is 0 Å². The van der Waals surface area contributed by atoms with Gasteiger partial charge in [-0.2, -0.15) is 0 Å². The van der Waals surface area contributed by atoms with Gasteiger partial charge in [-0.05, 0) is 48.5 Å². The van der Waals surface area contributed by atoms with Gasteiger partial charge in [-0.25, -0.2) is 9.37 Å². The van der Waals surface area contributed by atoms with Gasteiger partial charge in [0.05, 0.1) is 18.9 Å². The average Bonchev–Trinajstić information content (AvgIpc) is 3.39. The van der Waals surface area contributed by atoms with Crippen LogP contribution in [0.5, 0.6) is 5.75 Å². The van der Waals surface area contributed by atoms with E-state index >= 15 is 0 Å². The number of ether oxygens (including phenoxy) is 1. The maximum Gasteiger partial charge on any atom is 0.254 e. The zero-order chi connectivity index (χ0) is 23.5. The molecule has 0 bridgehead atoms. The Morgan fingerprint density at radius 2 is 1.74 bits per heavy atom. The minimum Gasteiger partial charge on any atom is -0.497 e. The number of rotatable bonds is 5. The van der Waals surface area contributed by atoms with Crippen LogP contribution in [0.15, 0.2) is 83.4 Å². The normalized spacial score (nSPS) is 13.7. The molecule has 7 heteroatoms. The first kappa shape index (κ1) is 21.7. The zero-order valence-corrected chi connectivity index (χ0v) is 18.8. The summed E-state index contributed by atoms with van der Waals surface area (Å²) in [4.78, 5) is 21.9. The van der Waals surface area contributed by atoms with E-state index in [-0.39, 0.29) is 11.7 Å². The lowest BCUT2D eigenvalue weighted by Gasteiger charge is -2.36. The topological polar surface area (TPSA) is 58.8 Å². The molecule has 0 atom stereocenters. The standard InChI is InChI=1S/C27H24FN3O3/c1-33-22-6-4-5-19(17-22)25-18-29-26(34-25)23-7-2-3-8-24(23)27(32)31-15-13-30(14-16-31)21-11-9-20(28)10-12-21/h2-12,17-18H,13-16H2,1H3. The summed E-state index contributed by atoms with van der Waals surface area (Å²) in [6, 6.07) is 21.4. The SMILES string of the molecule is COc1cccc(-c2cnc(-c3ccccc3C(=O)N3CCN(c4ccc(F)cc4)CC3)o2)c1. The van der Waals surface area contributed by atoms with Crippen LogP contribution in [0.2, 0.25) is 0 Å². The summed E-state index contributed by atoms with van der Waals surface area (Å²) < 4.78 is 24.6. The summed E-state index contributed by atoms with van der Waals surface area (Å²) >= 11 is 0. The first-order valence-corrected chi connectivity index (χ1v) is 11.1. The number of hydrogen-bond donors (Lipinski definition) is 0. The van der Waals surface area contributed by atoms with Gasteiger partial charge >= 0.3 is 0 Å². The van der Waals surface area contributed by atoms with E-state index in [0.29, 0.717) is 49.0 Å². The van der Waals surface area contributed by atoms with Crippen molar-refractivity contribution in [2.45, 2.75) is 0 Å². The Hall–Kier alpha value is -4.13. The van der Waals surface area contributed by atoms with E-state index in [9.17, 15) is 9.18 Å². The van der Waals surface area contributed by atoms with Crippen LogP contribution < -0.4 is 9.64 Å². The summed E-state index contributed by atoms with van der Waals surface area (Å²) in [5, 5.41) is 0. The highest BCUT2D eigenvalue weighted by Gasteiger charge is 2.25. The van der Waals surface area contributed by atoms with Crippen LogP contribution in [0, 0.1) is 5.82 Å². The molecule has 0 spiro atoms. The van der Waals surface area contributed by atoms with Gasteiger partial charge in [0.15, 0.2) is 5.76 Å². The van der Waals surface area contributed by atoms with Gasteiger partial charge in [0.25, 0.3) is 5.91 Å². The van der Waals surface area contributed by atoms with Crippen molar-refractivity contribution in [1.82, 2.24) is 9.88 Å². The number of hydrogen-bond acceptors (Lipinski definition) is 5. The molecule has 172 valence electrons. The molecule has 0 aliphatic carbocycles. The Kier molecular flexibility index (Phi) is 5.99. The maximum atomic E-state index is 13.4. The first-order chi connectivity index (χ1) is 16.6. The van der Waals surface area contributed by atoms with Crippen molar-refractivity contribution in [3.05, 3.63) is 90.4 Å². The second-order valence-corrected chi connectivity index (χ2v) is 8.06. The summed E-state index contributed by atoms with van der Waals surface area (Å²) in [6.07, 6.45) is 1.66. The largest absolute Gasteiger partial charge is 0.497 e. The number of amides is 1. The molecule has 34 heavy (non-hydrogen) atoms. The van der Waals surface area contributed by atoms with Gasteiger partial charge in [-0.1, -0.05) is 24.3 Å². The molecule has 6 nitrogen and oxygen atoms in total. The molecule has 0 N–H and O–H groups in total. The predicted octanol–water partition coefficient (Wildman–Crippen LogP) is 5.12. The third kappa shape index (κ3) is 4.37. The fourth-order valence-electron chi connectivity index (χ4n) is 4.15. The van der Waals surface area contributed by atoms with Crippen LogP contribution in [-0.2, 0) is 0 Å². The third-order valence-corrected chi connectivity index (χ3v) is 6.01. The van der Waals surface area contributed by atoms with Crippen molar-refractivity contribution in [3.8, 4) is 28.5 Å². The first-order valence-electron chi connectivity index (χ1n) is 11.1. The predicted molar refractivity (Wildman–Crippen MR) is 128 cm³/mol. The lowest BCUT2D eigenvalue weighted by Crippen LogP contribution is -2.48. The zero-order valence-electron chi connectivity index (χ0n) is 18.8. The van der Waals surface area contributed by atoms with Crippen molar-refractivity contribution in [2.24, 2.45) is 0 Å². The minimum absolute atomic E-state index is 0.0597. The molecule has 1 aromatic heterocycles. The molecule has 1 aliphatic rings. The molecule has 1 saturated heterocycles. The summed E-state index contributed by atoms with van der Waals surface area (Å²) in [6.45, 7) is 2.51. The molecule has 2 heterocycles. The van der Waals surface area contributed by atoms with Crippen LogP contribution in [-0.4, -0.2) is 49.1 Å². The maximum absolute atomic E-state index is 13.4. The quantitative estimate of drug-likeness (QED) is 0.416. The molecule has 1 amide bonds. The number of piperazine rings is 1. The van der Waals surface area contributed by atoms with E-state index in [1.54, 1.807) is 31.5 Å². The van der Waals surface area contributed by atoms with Crippen molar-refractivity contribution in [1.29, 1.82) is 0 Å². The van der Waals surface area contributed by atoms with E-state index < -0.39 is 0 Å². The number of carbonyl (C=O) groups is 1. The summed E-state index contributed by atoms with van der Waals surface area (Å²) in [5.74, 6) is 1.41. The number of anilines is 1. The number of nitrogens with zero attached hydrogens (tertiary/aromatic N) is 3. The van der Waals surface area contributed by atoms with Crippen LogP contribution in [0.25, 0.3) is 22.8 Å². The number of halogens is 1. The van der Waals surface area contributed by atoms with Gasteiger partial charge in [0.2, 0.25) is 5.89 Å². The fraction of sp³-hybridized carbons (Fsp3) is 0.185. The second kappa shape index (κ2) is 9.39. The smallest absolute Gasteiger partial charge is 0.254 e. The highest BCUT2D eigenvalue weighted by Crippen LogP contribution is 2.30. The molecule has 4 aromatic rings. The van der Waals surface area contributed by atoms with Crippen LogP contribution >= 0.6 is 0 Å². The van der Waals surface area contributed by atoms with Gasteiger partial charge in [0.1, 0.15) is 11.6 Å². The second-order valence-electron chi connectivity index (χ2n) is 8.06. The van der Waals surface area contributed by atoms with E-state index in [1.165, 1.54) is 12.1 Å². The lowest BCUT2D eigenvalue weighted by molar-refractivity contribution is 0.0747. The monoisotopic (exact) mass is 457 g/mol. The van der Waals surface area contributed by atoms with Crippen LogP contribution in [0.4, 0.5) is 10.1 Å². The summed E-state index contributed by atoms with van der Waals surface area (Å²) in [7, 11) is 1.62. The Balaban J connectivity index is 1.34. The number of oxazole rings is 1. The van der Waals surface area contributed by atoms with Gasteiger partial charge in [-0.15, -0.1) is 0 Å². The Bertz CT molecular complexity index is 1290. The van der Waals surface area contributed by atoms with Crippen molar-refractivity contribution in [2.75, 3.05) is 38.2 Å². The molecule has 0 saturated carbocycles. The van der Waals surface area contributed by atoms with Gasteiger partial charge < -0.3 is 19.0 Å². The van der Waals surface area contributed by atoms with Crippen molar-refractivity contribution >= 4 is 11.6 Å². The highest BCUT2D eigenvalue weighted by molar-refractivity contribution is 6.00. The highest BCUT2D eigenvalue weighted by atomic mass is 19.1. The molecule has 1 aliphatic heterocycles. The van der Waals surface area contributed by atoms with Crippen LogP contribution in [0.1, 0.15) is 10.4 Å². The Morgan fingerprint density at radius 1 is 0.971 bits per heavy atom. The number of methoxy groups -OCH3 is 1. The molecule has 5 rings (SSSR count). The molecule has 0 unspecified atom stereocenters. The van der Waals surface area contributed by atoms with Crippen LogP contribution in [0.3, 0.4) is 0 Å². The van der Waals surface area contributed by atoms with Crippen molar-refractivity contribution < 1.29 is 18.3 Å². The third-order valence-electron chi connectivity index (χ3n) is 6.01. The van der Waals surface area contributed by atoms with Gasteiger partial charge in [0, 0.05) is 43.0 Å².